The van der Waals surface area contributed by atoms with E-state index in [0.717, 1.165) is 24.4 Å². The smallest absolute Gasteiger partial charge is 0.218 e. The highest BCUT2D eigenvalue weighted by atomic mass is 35.5. The van der Waals surface area contributed by atoms with Gasteiger partial charge < -0.3 is 9.15 Å². The van der Waals surface area contributed by atoms with Crippen LogP contribution in [0.1, 0.15) is 30.3 Å². The third-order valence-electron chi connectivity index (χ3n) is 2.57. The maximum atomic E-state index is 5.93. The van der Waals surface area contributed by atoms with Crippen molar-refractivity contribution >= 4 is 11.6 Å². The van der Waals surface area contributed by atoms with Crippen LogP contribution in [0.5, 0.6) is 5.88 Å². The van der Waals surface area contributed by atoms with Gasteiger partial charge in [0.15, 0.2) is 0 Å². The first-order valence-electron chi connectivity index (χ1n) is 5.51. The first-order chi connectivity index (χ1) is 8.31. The van der Waals surface area contributed by atoms with Crippen LogP contribution in [0.3, 0.4) is 0 Å². The second kappa shape index (κ2) is 4.37. The molecule has 0 atom stereocenters. The standard InChI is InChI=1S/C12H11ClN2O2/c13-10-6-11(15-12(14-10)8-3-4-8)17-7-9-2-1-5-16-9/h1-2,5-6,8H,3-4,7H2. The van der Waals surface area contributed by atoms with Gasteiger partial charge >= 0.3 is 0 Å². The summed E-state index contributed by atoms with van der Waals surface area (Å²) in [5.41, 5.74) is 0. The van der Waals surface area contributed by atoms with Gasteiger partial charge in [0.25, 0.3) is 0 Å². The van der Waals surface area contributed by atoms with E-state index in [9.17, 15) is 0 Å². The van der Waals surface area contributed by atoms with Gasteiger partial charge in [-0.15, -0.1) is 0 Å². The van der Waals surface area contributed by atoms with Gasteiger partial charge in [0.1, 0.15) is 23.3 Å². The van der Waals surface area contributed by atoms with Crippen molar-refractivity contribution in [2.45, 2.75) is 25.4 Å². The topological polar surface area (TPSA) is 48.2 Å². The molecule has 2 aromatic heterocycles. The molecule has 88 valence electrons. The molecule has 0 unspecified atom stereocenters. The van der Waals surface area contributed by atoms with Crippen LogP contribution in [0.25, 0.3) is 0 Å². The van der Waals surface area contributed by atoms with Crippen molar-refractivity contribution < 1.29 is 9.15 Å². The molecule has 0 aliphatic heterocycles. The lowest BCUT2D eigenvalue weighted by molar-refractivity contribution is 0.259. The summed E-state index contributed by atoms with van der Waals surface area (Å²) in [7, 11) is 0. The van der Waals surface area contributed by atoms with Crippen molar-refractivity contribution in [3.05, 3.63) is 41.2 Å². The fourth-order valence-electron chi connectivity index (χ4n) is 1.55. The van der Waals surface area contributed by atoms with Crippen molar-refractivity contribution in [2.24, 2.45) is 0 Å². The molecule has 5 heteroatoms. The Balaban J connectivity index is 1.73. The molecule has 17 heavy (non-hydrogen) atoms. The van der Waals surface area contributed by atoms with E-state index in [0.29, 0.717) is 23.6 Å². The average molecular weight is 251 g/mol. The van der Waals surface area contributed by atoms with Crippen molar-refractivity contribution in [2.75, 3.05) is 0 Å². The third kappa shape index (κ3) is 2.58. The quantitative estimate of drug-likeness (QED) is 0.782. The summed E-state index contributed by atoms with van der Waals surface area (Å²) in [6.07, 6.45) is 3.89. The summed E-state index contributed by atoms with van der Waals surface area (Å²) in [6.45, 7) is 0.352. The van der Waals surface area contributed by atoms with Gasteiger partial charge in [0, 0.05) is 12.0 Å². The monoisotopic (exact) mass is 250 g/mol. The van der Waals surface area contributed by atoms with Gasteiger partial charge in [0.05, 0.1) is 6.26 Å². The lowest BCUT2D eigenvalue weighted by Crippen LogP contribution is -2.00. The molecule has 1 aliphatic carbocycles. The SMILES string of the molecule is Clc1cc(OCc2ccco2)nc(C2CC2)n1. The molecule has 0 N–H and O–H groups in total. The van der Waals surface area contributed by atoms with Gasteiger partial charge in [-0.3, -0.25) is 0 Å². The van der Waals surface area contributed by atoms with E-state index in [1.54, 1.807) is 12.3 Å². The molecule has 0 radical (unpaired) electrons. The fourth-order valence-corrected chi connectivity index (χ4v) is 1.73. The number of nitrogens with zero attached hydrogens (tertiary/aromatic N) is 2. The van der Waals surface area contributed by atoms with Crippen molar-refractivity contribution in [3.63, 3.8) is 0 Å². The second-order valence-corrected chi connectivity index (χ2v) is 4.42. The zero-order chi connectivity index (χ0) is 11.7. The maximum Gasteiger partial charge on any atom is 0.218 e. The van der Waals surface area contributed by atoms with E-state index in [-0.39, 0.29) is 0 Å². The first kappa shape index (κ1) is 10.6. The molecule has 0 spiro atoms. The van der Waals surface area contributed by atoms with Gasteiger partial charge in [-0.25, -0.2) is 4.98 Å². The Bertz CT molecular complexity index is 509. The van der Waals surface area contributed by atoms with E-state index in [1.165, 1.54) is 0 Å². The molecular formula is C12H11ClN2O2. The molecule has 4 nitrogen and oxygen atoms in total. The van der Waals surface area contributed by atoms with E-state index in [1.807, 2.05) is 12.1 Å². The van der Waals surface area contributed by atoms with Crippen LogP contribution < -0.4 is 4.74 Å². The van der Waals surface area contributed by atoms with E-state index >= 15 is 0 Å². The zero-order valence-electron chi connectivity index (χ0n) is 9.10. The summed E-state index contributed by atoms with van der Waals surface area (Å²) in [6, 6.07) is 5.29. The van der Waals surface area contributed by atoms with Crippen LogP contribution in [0.15, 0.2) is 28.9 Å². The van der Waals surface area contributed by atoms with Crippen LogP contribution in [0.2, 0.25) is 5.15 Å². The van der Waals surface area contributed by atoms with E-state index in [4.69, 9.17) is 20.8 Å². The third-order valence-corrected chi connectivity index (χ3v) is 2.77. The lowest BCUT2D eigenvalue weighted by atomic mass is 10.4. The summed E-state index contributed by atoms with van der Waals surface area (Å²) in [5.74, 6) is 2.50. The van der Waals surface area contributed by atoms with E-state index in [2.05, 4.69) is 9.97 Å². The molecule has 2 heterocycles. The Morgan fingerprint density at radius 1 is 1.41 bits per heavy atom. The Morgan fingerprint density at radius 2 is 2.29 bits per heavy atom. The van der Waals surface area contributed by atoms with Crippen molar-refractivity contribution in [1.82, 2.24) is 9.97 Å². The predicted octanol–water partition coefficient (Wildman–Crippen LogP) is 3.18. The summed E-state index contributed by atoms with van der Waals surface area (Å²) < 4.78 is 10.7. The highest BCUT2D eigenvalue weighted by molar-refractivity contribution is 6.29. The number of aromatic nitrogens is 2. The molecule has 1 saturated carbocycles. The molecule has 0 saturated heterocycles. The van der Waals surface area contributed by atoms with Crippen LogP contribution in [-0.2, 0) is 6.61 Å². The van der Waals surface area contributed by atoms with Crippen LogP contribution in [-0.4, -0.2) is 9.97 Å². The average Bonchev–Trinajstić information content (AvgIpc) is 3.04. The molecule has 1 fully saturated rings. The number of rotatable bonds is 4. The normalized spacial score (nSPS) is 14.9. The van der Waals surface area contributed by atoms with Gasteiger partial charge in [-0.1, -0.05) is 11.6 Å². The molecule has 0 aromatic carbocycles. The maximum absolute atomic E-state index is 5.93. The minimum atomic E-state index is 0.352. The first-order valence-corrected chi connectivity index (χ1v) is 5.89. The van der Waals surface area contributed by atoms with Gasteiger partial charge in [-0.05, 0) is 25.0 Å². The van der Waals surface area contributed by atoms with Crippen LogP contribution in [0, 0.1) is 0 Å². The Labute approximate surface area is 104 Å². The van der Waals surface area contributed by atoms with Crippen LogP contribution in [0.4, 0.5) is 0 Å². The number of hydrogen-bond acceptors (Lipinski definition) is 4. The molecular weight excluding hydrogens is 240 g/mol. The molecule has 0 bridgehead atoms. The number of ether oxygens (including phenoxy) is 1. The van der Waals surface area contributed by atoms with Crippen LogP contribution >= 0.6 is 11.6 Å². The number of hydrogen-bond donors (Lipinski definition) is 0. The van der Waals surface area contributed by atoms with E-state index < -0.39 is 0 Å². The second-order valence-electron chi connectivity index (χ2n) is 4.03. The van der Waals surface area contributed by atoms with Gasteiger partial charge in [0.2, 0.25) is 5.88 Å². The van der Waals surface area contributed by atoms with Crippen molar-refractivity contribution in [1.29, 1.82) is 0 Å². The largest absolute Gasteiger partial charge is 0.469 e. The highest BCUT2D eigenvalue weighted by Gasteiger charge is 2.27. The highest BCUT2D eigenvalue weighted by Crippen LogP contribution is 2.39. The number of halogens is 1. The fraction of sp³-hybridized carbons (Fsp3) is 0.333. The Morgan fingerprint density at radius 3 is 3.00 bits per heavy atom. The van der Waals surface area contributed by atoms with Crippen molar-refractivity contribution in [3.8, 4) is 5.88 Å². The van der Waals surface area contributed by atoms with Gasteiger partial charge in [-0.2, -0.15) is 4.98 Å². The number of furan rings is 1. The molecule has 1 aliphatic rings. The minimum Gasteiger partial charge on any atom is -0.469 e. The minimum absolute atomic E-state index is 0.352. The predicted molar refractivity (Wildman–Crippen MR) is 62.1 cm³/mol. The lowest BCUT2D eigenvalue weighted by Gasteiger charge is -2.05. The summed E-state index contributed by atoms with van der Waals surface area (Å²) >= 11 is 5.93. The Hall–Kier alpha value is -1.55. The zero-order valence-corrected chi connectivity index (χ0v) is 9.85. The molecule has 0 amide bonds. The Kier molecular flexibility index (Phi) is 2.73. The molecule has 3 rings (SSSR count). The molecule has 2 aromatic rings. The summed E-state index contributed by atoms with van der Waals surface area (Å²) in [4.78, 5) is 8.53. The summed E-state index contributed by atoms with van der Waals surface area (Å²) in [5, 5.41) is 0.427.